The van der Waals surface area contributed by atoms with E-state index < -0.39 is 0 Å². The van der Waals surface area contributed by atoms with Gasteiger partial charge in [-0.05, 0) is 36.6 Å². The van der Waals surface area contributed by atoms with Crippen molar-refractivity contribution in [3.63, 3.8) is 0 Å². The maximum atomic E-state index is 6.08. The van der Waals surface area contributed by atoms with Gasteiger partial charge in [0.1, 0.15) is 0 Å². The maximum Gasteiger partial charge on any atom is 0.0938 e. The Morgan fingerprint density at radius 2 is 1.56 bits per heavy atom. The molecule has 0 atom stereocenters. The first-order valence-corrected chi connectivity index (χ1v) is 9.86. The van der Waals surface area contributed by atoms with Gasteiger partial charge in [0.15, 0.2) is 0 Å². The number of nitrogen functional groups attached to an aromatic ring is 1. The van der Waals surface area contributed by atoms with Crippen LogP contribution in [0.25, 0.3) is 21.8 Å². The minimum Gasteiger partial charge on any atom is -0.397 e. The molecule has 0 spiro atoms. The lowest BCUT2D eigenvalue weighted by Gasteiger charge is -2.07. The molecule has 0 saturated carbocycles. The fraction of sp³-hybridized carbons (Fsp3) is 0.435. The van der Waals surface area contributed by atoms with Crippen LogP contribution in [-0.4, -0.2) is 4.98 Å². The number of hydrogen-bond acceptors (Lipinski definition) is 2. The molecule has 0 aliphatic rings. The third-order valence-corrected chi connectivity index (χ3v) is 5.06. The first-order chi connectivity index (χ1) is 12.3. The lowest BCUT2D eigenvalue weighted by molar-refractivity contribution is 0.575. The molecule has 132 valence electrons. The van der Waals surface area contributed by atoms with E-state index in [2.05, 4.69) is 37.3 Å². The summed E-state index contributed by atoms with van der Waals surface area (Å²) < 4.78 is 0. The Bertz CT molecular complexity index is 823. The lowest BCUT2D eigenvalue weighted by Crippen LogP contribution is -1.92. The second kappa shape index (κ2) is 8.84. The molecule has 0 radical (unpaired) electrons. The average molecular weight is 335 g/mol. The topological polar surface area (TPSA) is 38.9 Å². The number of pyridine rings is 1. The van der Waals surface area contributed by atoms with Crippen molar-refractivity contribution in [2.75, 3.05) is 5.73 Å². The summed E-state index contributed by atoms with van der Waals surface area (Å²) in [6.45, 7) is 2.27. The Hall–Kier alpha value is -2.09. The van der Waals surface area contributed by atoms with E-state index in [1.807, 2.05) is 12.1 Å². The van der Waals surface area contributed by atoms with Crippen LogP contribution in [0.5, 0.6) is 0 Å². The molecule has 2 aromatic carbocycles. The summed E-state index contributed by atoms with van der Waals surface area (Å²) in [4.78, 5) is 4.80. The summed E-state index contributed by atoms with van der Waals surface area (Å²) in [6.07, 6.45) is 12.1. The Morgan fingerprint density at radius 1 is 0.800 bits per heavy atom. The number of benzene rings is 2. The van der Waals surface area contributed by atoms with Crippen molar-refractivity contribution < 1.29 is 0 Å². The lowest BCUT2D eigenvalue weighted by atomic mass is 10.0. The van der Waals surface area contributed by atoms with Crippen molar-refractivity contribution in [1.82, 2.24) is 4.98 Å². The Kier molecular flexibility index (Phi) is 6.27. The molecular weight excluding hydrogens is 304 g/mol. The number of unbranched alkanes of at least 4 members (excludes halogenated alkanes) is 7. The van der Waals surface area contributed by atoms with Crippen molar-refractivity contribution in [1.29, 1.82) is 0 Å². The molecule has 0 bridgehead atoms. The number of hydrogen-bond donors (Lipinski definition) is 1. The quantitative estimate of drug-likeness (QED) is 0.270. The van der Waals surface area contributed by atoms with Gasteiger partial charge in [-0.1, -0.05) is 76.1 Å². The summed E-state index contributed by atoms with van der Waals surface area (Å²) in [6, 6.07) is 14.9. The van der Waals surface area contributed by atoms with E-state index in [0.29, 0.717) is 0 Å². The van der Waals surface area contributed by atoms with Crippen LogP contribution >= 0.6 is 0 Å². The molecule has 0 aliphatic carbocycles. The molecule has 2 heteroatoms. The Balaban J connectivity index is 1.57. The van der Waals surface area contributed by atoms with Crippen molar-refractivity contribution in [2.24, 2.45) is 0 Å². The van der Waals surface area contributed by atoms with Gasteiger partial charge in [0.2, 0.25) is 0 Å². The normalized spacial score (nSPS) is 11.4. The van der Waals surface area contributed by atoms with E-state index in [-0.39, 0.29) is 0 Å². The van der Waals surface area contributed by atoms with Crippen LogP contribution in [0.3, 0.4) is 0 Å². The highest BCUT2D eigenvalue weighted by atomic mass is 14.7. The standard InChI is InChI=1S/C23H30N2/c1-2-3-4-5-6-7-8-9-11-18-14-15-19-17-20-12-10-13-21(24)23(20)25-22(19)16-18/h10,12-17H,2-9,11,24H2,1H3. The number of fused-ring (bicyclic) bond motifs is 2. The molecule has 3 rings (SSSR count). The SMILES string of the molecule is CCCCCCCCCCc1ccc2cc3cccc(N)c3nc2c1. The monoisotopic (exact) mass is 334 g/mol. The predicted molar refractivity (Wildman–Crippen MR) is 110 cm³/mol. The van der Waals surface area contributed by atoms with Crippen LogP contribution in [0, 0.1) is 0 Å². The number of nitrogens with two attached hydrogens (primary N) is 1. The highest BCUT2D eigenvalue weighted by Gasteiger charge is 2.04. The first-order valence-electron chi connectivity index (χ1n) is 9.86. The molecule has 0 aliphatic heterocycles. The zero-order chi connectivity index (χ0) is 17.5. The van der Waals surface area contributed by atoms with Gasteiger partial charge in [-0.25, -0.2) is 4.98 Å². The summed E-state index contributed by atoms with van der Waals surface area (Å²) in [5, 5.41) is 2.31. The smallest absolute Gasteiger partial charge is 0.0938 e. The summed E-state index contributed by atoms with van der Waals surface area (Å²) >= 11 is 0. The van der Waals surface area contributed by atoms with Gasteiger partial charge in [0.25, 0.3) is 0 Å². The molecule has 1 heterocycles. The third-order valence-electron chi connectivity index (χ3n) is 5.06. The predicted octanol–water partition coefficient (Wildman–Crippen LogP) is 6.65. The highest BCUT2D eigenvalue weighted by Crippen LogP contribution is 2.24. The van der Waals surface area contributed by atoms with Crippen molar-refractivity contribution in [3.05, 3.63) is 48.0 Å². The summed E-state index contributed by atoms with van der Waals surface area (Å²) in [5.74, 6) is 0. The van der Waals surface area contributed by atoms with E-state index >= 15 is 0 Å². The number of rotatable bonds is 9. The van der Waals surface area contributed by atoms with Crippen LogP contribution in [0.15, 0.2) is 42.5 Å². The Morgan fingerprint density at radius 3 is 2.36 bits per heavy atom. The Labute approximate surface area is 151 Å². The number of anilines is 1. The van der Waals surface area contributed by atoms with Gasteiger partial charge in [-0.3, -0.25) is 0 Å². The fourth-order valence-electron chi connectivity index (χ4n) is 3.54. The van der Waals surface area contributed by atoms with E-state index in [4.69, 9.17) is 10.7 Å². The van der Waals surface area contributed by atoms with Crippen LogP contribution in [0.1, 0.15) is 63.9 Å². The van der Waals surface area contributed by atoms with Crippen LogP contribution in [0.2, 0.25) is 0 Å². The third kappa shape index (κ3) is 4.72. The van der Waals surface area contributed by atoms with Crippen molar-refractivity contribution in [3.8, 4) is 0 Å². The summed E-state index contributed by atoms with van der Waals surface area (Å²) in [5.41, 5.74) is 10.2. The van der Waals surface area contributed by atoms with Gasteiger partial charge in [0, 0.05) is 10.8 Å². The van der Waals surface area contributed by atoms with Crippen LogP contribution in [0.4, 0.5) is 5.69 Å². The molecule has 3 aromatic rings. The van der Waals surface area contributed by atoms with Crippen LogP contribution < -0.4 is 5.73 Å². The maximum absolute atomic E-state index is 6.08. The van der Waals surface area contributed by atoms with Gasteiger partial charge in [-0.2, -0.15) is 0 Å². The molecule has 1 aromatic heterocycles. The number of nitrogens with zero attached hydrogens (tertiary/aromatic N) is 1. The molecule has 0 amide bonds. The molecule has 2 N–H and O–H groups in total. The zero-order valence-electron chi connectivity index (χ0n) is 15.4. The second-order valence-corrected chi connectivity index (χ2v) is 7.16. The molecule has 0 unspecified atom stereocenters. The fourth-order valence-corrected chi connectivity index (χ4v) is 3.54. The molecule has 2 nitrogen and oxygen atoms in total. The molecular formula is C23H30N2. The van der Waals surface area contributed by atoms with Crippen molar-refractivity contribution in [2.45, 2.75) is 64.7 Å². The van der Waals surface area contributed by atoms with Gasteiger partial charge < -0.3 is 5.73 Å². The minimum absolute atomic E-state index is 0.757. The van der Waals surface area contributed by atoms with E-state index in [1.165, 1.54) is 62.3 Å². The number of para-hydroxylation sites is 1. The van der Waals surface area contributed by atoms with Gasteiger partial charge in [0.05, 0.1) is 16.7 Å². The van der Waals surface area contributed by atoms with Gasteiger partial charge >= 0.3 is 0 Å². The first kappa shape index (κ1) is 17.7. The molecule has 0 saturated heterocycles. The number of aromatic nitrogens is 1. The van der Waals surface area contributed by atoms with Crippen LogP contribution in [-0.2, 0) is 6.42 Å². The molecule has 25 heavy (non-hydrogen) atoms. The average Bonchev–Trinajstić information content (AvgIpc) is 2.63. The summed E-state index contributed by atoms with van der Waals surface area (Å²) in [7, 11) is 0. The minimum atomic E-state index is 0.757. The largest absolute Gasteiger partial charge is 0.397 e. The van der Waals surface area contributed by atoms with Crippen molar-refractivity contribution >= 4 is 27.5 Å². The number of aryl methyl sites for hydroxylation is 1. The van der Waals surface area contributed by atoms with E-state index in [9.17, 15) is 0 Å². The molecule has 0 fully saturated rings. The second-order valence-electron chi connectivity index (χ2n) is 7.16. The highest BCUT2D eigenvalue weighted by molar-refractivity contribution is 5.97. The van der Waals surface area contributed by atoms with E-state index in [0.717, 1.165) is 28.5 Å². The van der Waals surface area contributed by atoms with E-state index in [1.54, 1.807) is 0 Å². The zero-order valence-corrected chi connectivity index (χ0v) is 15.4. The van der Waals surface area contributed by atoms with Gasteiger partial charge in [-0.15, -0.1) is 0 Å².